The Hall–Kier alpha value is -3.17. The van der Waals surface area contributed by atoms with Crippen LogP contribution in [0.5, 0.6) is 11.5 Å². The van der Waals surface area contributed by atoms with Gasteiger partial charge in [0, 0.05) is 28.9 Å². The molecule has 0 atom stereocenters. The molecule has 1 aromatic heterocycles. The number of nitrogen functional groups attached to an aromatic ring is 1. The van der Waals surface area contributed by atoms with E-state index in [2.05, 4.69) is 54.8 Å². The molecule has 2 aliphatic heterocycles. The van der Waals surface area contributed by atoms with Crippen molar-refractivity contribution in [2.24, 2.45) is 0 Å². The standard InChI is InChI=1S/C24H21N3O2S/c1-30-17-5-3-15(4-6-17)18-12-21-19-13-23-22(28-9-2-10-29-23)11-16(19)7-8-27(21)24(26)20(18)14-25/h3-6,11-13,26H,2,7-10H2,1H3/p+1. The lowest BCUT2D eigenvalue weighted by Crippen LogP contribution is -2.44. The van der Waals surface area contributed by atoms with Crippen LogP contribution in [0.15, 0.2) is 47.4 Å². The molecule has 5 nitrogen and oxygen atoms in total. The van der Waals surface area contributed by atoms with E-state index in [9.17, 15) is 5.26 Å². The summed E-state index contributed by atoms with van der Waals surface area (Å²) in [6, 6.07) is 16.8. The number of aryl methyl sites for hydroxylation is 1. The predicted octanol–water partition coefficient (Wildman–Crippen LogP) is 4.20. The van der Waals surface area contributed by atoms with Gasteiger partial charge in [-0.05, 0) is 47.7 Å². The molecule has 0 fully saturated rings. The highest BCUT2D eigenvalue weighted by molar-refractivity contribution is 7.98. The van der Waals surface area contributed by atoms with E-state index < -0.39 is 0 Å². The maximum absolute atomic E-state index is 9.86. The monoisotopic (exact) mass is 416 g/mol. The molecule has 2 aliphatic rings. The van der Waals surface area contributed by atoms with Gasteiger partial charge in [0.05, 0.1) is 19.8 Å². The average molecular weight is 417 g/mol. The molecule has 3 heterocycles. The van der Waals surface area contributed by atoms with Crippen molar-refractivity contribution in [3.63, 3.8) is 0 Å². The highest BCUT2D eigenvalue weighted by atomic mass is 32.2. The lowest BCUT2D eigenvalue weighted by Gasteiger charge is -2.22. The minimum atomic E-state index is 0.511. The van der Waals surface area contributed by atoms with Crippen molar-refractivity contribution in [3.05, 3.63) is 53.6 Å². The molecule has 0 amide bonds. The molecule has 2 N–H and O–H groups in total. The average Bonchev–Trinajstić information content (AvgIpc) is 3.02. The van der Waals surface area contributed by atoms with Crippen LogP contribution in [-0.4, -0.2) is 19.5 Å². The Balaban J connectivity index is 1.71. The van der Waals surface area contributed by atoms with Gasteiger partial charge in [-0.15, -0.1) is 11.8 Å². The molecule has 3 aromatic rings. The van der Waals surface area contributed by atoms with Crippen molar-refractivity contribution in [1.29, 1.82) is 5.26 Å². The molecular formula is C24H22N3O2S+. The summed E-state index contributed by atoms with van der Waals surface area (Å²) in [5.41, 5.74) is 12.2. The van der Waals surface area contributed by atoms with Crippen molar-refractivity contribution in [3.8, 4) is 40.0 Å². The van der Waals surface area contributed by atoms with Crippen LogP contribution in [0.4, 0.5) is 5.82 Å². The van der Waals surface area contributed by atoms with Crippen LogP contribution in [0.2, 0.25) is 0 Å². The first-order valence-corrected chi connectivity index (χ1v) is 11.3. The van der Waals surface area contributed by atoms with Gasteiger partial charge in [-0.1, -0.05) is 12.1 Å². The van der Waals surface area contributed by atoms with E-state index in [4.69, 9.17) is 15.2 Å². The maximum Gasteiger partial charge on any atom is 0.291 e. The van der Waals surface area contributed by atoms with Crippen LogP contribution in [-0.2, 0) is 13.0 Å². The van der Waals surface area contributed by atoms with Crippen LogP contribution in [0.1, 0.15) is 17.5 Å². The second-order valence-electron chi connectivity index (χ2n) is 7.45. The first-order chi connectivity index (χ1) is 14.7. The van der Waals surface area contributed by atoms with E-state index in [1.807, 2.05) is 4.57 Å². The Morgan fingerprint density at radius 1 is 1.03 bits per heavy atom. The van der Waals surface area contributed by atoms with E-state index in [0.29, 0.717) is 24.6 Å². The fraction of sp³-hybridized carbons (Fsp3) is 0.250. The quantitative estimate of drug-likeness (QED) is 0.501. The summed E-state index contributed by atoms with van der Waals surface area (Å²) in [6.45, 7) is 2.05. The van der Waals surface area contributed by atoms with Crippen molar-refractivity contribution >= 4 is 17.6 Å². The van der Waals surface area contributed by atoms with Gasteiger partial charge in [0.15, 0.2) is 11.5 Å². The zero-order valence-corrected chi connectivity index (χ0v) is 17.6. The summed E-state index contributed by atoms with van der Waals surface area (Å²) in [5.74, 6) is 2.10. The molecule has 0 spiro atoms. The summed E-state index contributed by atoms with van der Waals surface area (Å²) >= 11 is 1.69. The highest BCUT2D eigenvalue weighted by Crippen LogP contribution is 2.40. The zero-order chi connectivity index (χ0) is 20.7. The first-order valence-electron chi connectivity index (χ1n) is 10.0. The van der Waals surface area contributed by atoms with E-state index >= 15 is 0 Å². The number of rotatable bonds is 2. The van der Waals surface area contributed by atoms with Gasteiger partial charge in [0.25, 0.3) is 5.82 Å². The number of ether oxygens (including phenoxy) is 2. The molecule has 2 aromatic carbocycles. The van der Waals surface area contributed by atoms with Crippen molar-refractivity contribution in [1.82, 2.24) is 0 Å². The predicted molar refractivity (Wildman–Crippen MR) is 118 cm³/mol. The number of hydrogen-bond acceptors (Lipinski definition) is 5. The van der Waals surface area contributed by atoms with Gasteiger partial charge in [-0.2, -0.15) is 5.26 Å². The summed E-state index contributed by atoms with van der Waals surface area (Å²) in [7, 11) is 0. The third-order valence-electron chi connectivity index (χ3n) is 5.76. The van der Waals surface area contributed by atoms with Crippen LogP contribution < -0.4 is 19.8 Å². The number of anilines is 1. The van der Waals surface area contributed by atoms with Gasteiger partial charge in [-0.3, -0.25) is 5.73 Å². The number of hydrogen-bond donors (Lipinski definition) is 1. The minimum Gasteiger partial charge on any atom is -0.490 e. The lowest BCUT2D eigenvalue weighted by atomic mass is 9.92. The number of thioether (sulfide) groups is 1. The van der Waals surface area contributed by atoms with Gasteiger partial charge in [0.2, 0.25) is 0 Å². The molecule has 0 unspecified atom stereocenters. The molecule has 5 rings (SSSR count). The van der Waals surface area contributed by atoms with Gasteiger partial charge in [0.1, 0.15) is 17.3 Å². The first kappa shape index (κ1) is 18.8. The van der Waals surface area contributed by atoms with Crippen molar-refractivity contribution in [2.45, 2.75) is 24.3 Å². The summed E-state index contributed by atoms with van der Waals surface area (Å²) in [6.07, 6.45) is 3.76. The largest absolute Gasteiger partial charge is 0.490 e. The number of benzene rings is 2. The van der Waals surface area contributed by atoms with Crippen LogP contribution in [0.3, 0.4) is 0 Å². The number of nitriles is 1. The van der Waals surface area contributed by atoms with E-state index in [1.54, 1.807) is 11.8 Å². The topological polar surface area (TPSA) is 72.2 Å². The van der Waals surface area contributed by atoms with Crippen LogP contribution >= 0.6 is 11.8 Å². The summed E-state index contributed by atoms with van der Waals surface area (Å²) in [4.78, 5) is 1.18. The molecule has 6 heteroatoms. The SMILES string of the molecule is CSc1ccc(-c2cc3[n+](c(N)c2C#N)CCc2cc4c(cc2-3)OCCCO4)cc1. The Morgan fingerprint density at radius 2 is 1.77 bits per heavy atom. The molecule has 30 heavy (non-hydrogen) atoms. The molecule has 0 bridgehead atoms. The Labute approximate surface area is 180 Å². The number of nitrogens with zero attached hydrogens (tertiary/aromatic N) is 2. The van der Waals surface area contributed by atoms with Gasteiger partial charge in [-0.25, -0.2) is 4.57 Å². The second kappa shape index (κ2) is 7.58. The fourth-order valence-corrected chi connectivity index (χ4v) is 4.61. The van der Waals surface area contributed by atoms with E-state index in [0.717, 1.165) is 53.3 Å². The van der Waals surface area contributed by atoms with Crippen molar-refractivity contribution in [2.75, 3.05) is 25.2 Å². The number of fused-ring (bicyclic) bond motifs is 4. The molecule has 0 radical (unpaired) electrons. The molecule has 0 saturated heterocycles. The molecular weight excluding hydrogens is 394 g/mol. The Kier molecular flexibility index (Phi) is 4.76. The molecule has 0 saturated carbocycles. The van der Waals surface area contributed by atoms with Gasteiger partial charge < -0.3 is 9.47 Å². The third kappa shape index (κ3) is 3.06. The highest BCUT2D eigenvalue weighted by Gasteiger charge is 2.29. The summed E-state index contributed by atoms with van der Waals surface area (Å²) < 4.78 is 13.8. The van der Waals surface area contributed by atoms with Gasteiger partial charge >= 0.3 is 0 Å². The van der Waals surface area contributed by atoms with Crippen LogP contribution in [0, 0.1) is 11.3 Å². The third-order valence-corrected chi connectivity index (χ3v) is 6.50. The van der Waals surface area contributed by atoms with Crippen LogP contribution in [0.25, 0.3) is 22.4 Å². The Bertz CT molecular complexity index is 1180. The normalized spacial score (nSPS) is 14.3. The maximum atomic E-state index is 9.86. The molecule has 0 aliphatic carbocycles. The lowest BCUT2D eigenvalue weighted by molar-refractivity contribution is -0.673. The Morgan fingerprint density at radius 3 is 2.47 bits per heavy atom. The zero-order valence-electron chi connectivity index (χ0n) is 16.8. The summed E-state index contributed by atoms with van der Waals surface area (Å²) in [5, 5.41) is 9.86. The smallest absolute Gasteiger partial charge is 0.291 e. The van der Waals surface area contributed by atoms with E-state index in [1.165, 1.54) is 10.5 Å². The van der Waals surface area contributed by atoms with E-state index in [-0.39, 0.29) is 0 Å². The number of pyridine rings is 1. The number of aromatic nitrogens is 1. The number of nitrogens with two attached hydrogens (primary N) is 1. The second-order valence-corrected chi connectivity index (χ2v) is 8.33. The minimum absolute atomic E-state index is 0.511. The fourth-order valence-electron chi connectivity index (χ4n) is 4.20. The van der Waals surface area contributed by atoms with Crippen molar-refractivity contribution < 1.29 is 14.0 Å². The molecule has 150 valence electrons.